The Morgan fingerprint density at radius 2 is 2.05 bits per heavy atom. The monoisotopic (exact) mass is 299 g/mol. The summed E-state index contributed by atoms with van der Waals surface area (Å²) in [6, 6.07) is 8.87. The zero-order valence-electron chi connectivity index (χ0n) is 12.1. The largest absolute Gasteiger partial charge is 0.456 e. The molecule has 0 atom stereocenters. The van der Waals surface area contributed by atoms with Crippen LogP contribution in [0.15, 0.2) is 36.5 Å². The molecule has 1 N–H and O–H groups in total. The number of amides is 1. The fourth-order valence-corrected chi connectivity index (χ4v) is 1.57. The first-order valence-corrected chi connectivity index (χ1v) is 6.64. The predicted molar refractivity (Wildman–Crippen MR) is 78.9 cm³/mol. The quantitative estimate of drug-likeness (QED) is 0.937. The molecule has 0 unspecified atom stereocenters. The van der Waals surface area contributed by atoms with Gasteiger partial charge in [-0.25, -0.2) is 9.37 Å². The van der Waals surface area contributed by atoms with Crippen LogP contribution in [-0.4, -0.2) is 10.9 Å². The van der Waals surface area contributed by atoms with E-state index in [2.05, 4.69) is 10.3 Å². The Balaban J connectivity index is 2.08. The summed E-state index contributed by atoms with van der Waals surface area (Å²) >= 11 is 0. The standard InChI is InChI=1S/C16H14FN3O2/c1-10(2)16(21)20-15-6-4-13(9-19-15)22-12-3-5-14(17)11(7-12)8-18/h3-7,9-10H,1-2H3,(H,19,20,21). The van der Waals surface area contributed by atoms with E-state index in [-0.39, 0.29) is 17.4 Å². The third-order valence-corrected chi connectivity index (χ3v) is 2.81. The van der Waals surface area contributed by atoms with Crippen molar-refractivity contribution in [3.8, 4) is 17.6 Å². The van der Waals surface area contributed by atoms with Gasteiger partial charge in [-0.2, -0.15) is 5.26 Å². The molecule has 0 fully saturated rings. The van der Waals surface area contributed by atoms with Crippen LogP contribution >= 0.6 is 0 Å². The molecular weight excluding hydrogens is 285 g/mol. The minimum Gasteiger partial charge on any atom is -0.456 e. The van der Waals surface area contributed by atoms with Crippen LogP contribution in [-0.2, 0) is 4.79 Å². The molecule has 0 aliphatic rings. The van der Waals surface area contributed by atoms with E-state index in [1.54, 1.807) is 32.0 Å². The lowest BCUT2D eigenvalue weighted by atomic mass is 10.2. The SMILES string of the molecule is CC(C)C(=O)Nc1ccc(Oc2ccc(F)c(C#N)c2)cn1. The van der Waals surface area contributed by atoms with Crippen LogP contribution in [0.4, 0.5) is 10.2 Å². The topological polar surface area (TPSA) is 75.0 Å². The summed E-state index contributed by atoms with van der Waals surface area (Å²) in [4.78, 5) is 15.6. The molecule has 112 valence electrons. The number of aromatic nitrogens is 1. The van der Waals surface area contributed by atoms with E-state index in [4.69, 9.17) is 10.00 Å². The van der Waals surface area contributed by atoms with Crippen molar-refractivity contribution in [3.05, 3.63) is 47.9 Å². The highest BCUT2D eigenvalue weighted by molar-refractivity contribution is 5.91. The zero-order chi connectivity index (χ0) is 16.1. The molecule has 1 heterocycles. The molecule has 0 saturated carbocycles. The second kappa shape index (κ2) is 6.68. The highest BCUT2D eigenvalue weighted by atomic mass is 19.1. The molecule has 0 aliphatic carbocycles. The van der Waals surface area contributed by atoms with Gasteiger partial charge in [-0.1, -0.05) is 13.8 Å². The molecule has 1 aromatic carbocycles. The molecule has 1 amide bonds. The summed E-state index contributed by atoms with van der Waals surface area (Å²) in [6.45, 7) is 3.57. The van der Waals surface area contributed by atoms with Crippen LogP contribution in [0.25, 0.3) is 0 Å². The highest BCUT2D eigenvalue weighted by Gasteiger charge is 2.08. The van der Waals surface area contributed by atoms with Gasteiger partial charge in [0.05, 0.1) is 11.8 Å². The molecular formula is C16H14FN3O2. The van der Waals surface area contributed by atoms with Crippen molar-refractivity contribution in [1.29, 1.82) is 5.26 Å². The van der Waals surface area contributed by atoms with Crippen LogP contribution in [0.5, 0.6) is 11.5 Å². The number of carbonyl (C=O) groups is 1. The van der Waals surface area contributed by atoms with Gasteiger partial charge in [0.1, 0.15) is 29.2 Å². The number of halogens is 1. The van der Waals surface area contributed by atoms with Crippen LogP contribution in [0.3, 0.4) is 0 Å². The predicted octanol–water partition coefficient (Wildman–Crippen LogP) is 3.48. The Hall–Kier alpha value is -2.94. The van der Waals surface area contributed by atoms with Gasteiger partial charge < -0.3 is 10.1 Å². The van der Waals surface area contributed by atoms with Crippen molar-refractivity contribution in [1.82, 2.24) is 4.98 Å². The van der Waals surface area contributed by atoms with Gasteiger partial charge in [-0.3, -0.25) is 4.79 Å². The number of hydrogen-bond donors (Lipinski definition) is 1. The summed E-state index contributed by atoms with van der Waals surface area (Å²) in [5.74, 6) is 0.305. The normalized spacial score (nSPS) is 10.1. The fraction of sp³-hybridized carbons (Fsp3) is 0.188. The Bertz CT molecular complexity index is 721. The van der Waals surface area contributed by atoms with Gasteiger partial charge in [0, 0.05) is 12.0 Å². The number of rotatable bonds is 4. The van der Waals surface area contributed by atoms with E-state index in [0.717, 1.165) is 0 Å². The van der Waals surface area contributed by atoms with Gasteiger partial charge in [0.2, 0.25) is 5.91 Å². The van der Waals surface area contributed by atoms with E-state index in [1.165, 1.54) is 24.4 Å². The average molecular weight is 299 g/mol. The summed E-state index contributed by atoms with van der Waals surface area (Å²) in [5, 5.41) is 11.4. The third kappa shape index (κ3) is 3.79. The van der Waals surface area contributed by atoms with Crippen LogP contribution in [0, 0.1) is 23.1 Å². The Labute approximate surface area is 127 Å². The van der Waals surface area contributed by atoms with Gasteiger partial charge >= 0.3 is 0 Å². The lowest BCUT2D eigenvalue weighted by Gasteiger charge is -2.09. The molecule has 6 heteroatoms. The van der Waals surface area contributed by atoms with Crippen LogP contribution in [0.2, 0.25) is 0 Å². The van der Waals surface area contributed by atoms with Crippen molar-refractivity contribution in [2.75, 3.05) is 5.32 Å². The second-order valence-electron chi connectivity index (χ2n) is 4.88. The Morgan fingerprint density at radius 3 is 2.64 bits per heavy atom. The minimum absolute atomic E-state index is 0.0914. The molecule has 0 saturated heterocycles. The molecule has 0 spiro atoms. The lowest BCUT2D eigenvalue weighted by Crippen LogP contribution is -2.18. The number of nitrogens with one attached hydrogen (secondary N) is 1. The number of pyridine rings is 1. The molecule has 0 aliphatic heterocycles. The molecule has 1 aromatic heterocycles. The lowest BCUT2D eigenvalue weighted by molar-refractivity contribution is -0.118. The van der Waals surface area contributed by atoms with Crippen LogP contribution < -0.4 is 10.1 Å². The summed E-state index contributed by atoms with van der Waals surface area (Å²) in [5.41, 5.74) is -0.0914. The molecule has 2 aromatic rings. The van der Waals surface area contributed by atoms with E-state index in [9.17, 15) is 9.18 Å². The van der Waals surface area contributed by atoms with Gasteiger partial charge in [0.25, 0.3) is 0 Å². The third-order valence-electron chi connectivity index (χ3n) is 2.81. The summed E-state index contributed by atoms with van der Waals surface area (Å²) in [6.07, 6.45) is 1.44. The summed E-state index contributed by atoms with van der Waals surface area (Å²) in [7, 11) is 0. The van der Waals surface area contributed by atoms with Gasteiger partial charge in [0.15, 0.2) is 0 Å². The maximum Gasteiger partial charge on any atom is 0.228 e. The number of hydrogen-bond acceptors (Lipinski definition) is 4. The Morgan fingerprint density at radius 1 is 1.32 bits per heavy atom. The van der Waals surface area contributed by atoms with E-state index in [1.807, 2.05) is 0 Å². The van der Waals surface area contributed by atoms with Crippen molar-refractivity contribution in [2.24, 2.45) is 5.92 Å². The zero-order valence-corrected chi connectivity index (χ0v) is 12.1. The first-order valence-electron chi connectivity index (χ1n) is 6.64. The molecule has 0 bridgehead atoms. The molecule has 2 rings (SSSR count). The minimum atomic E-state index is -0.597. The summed E-state index contributed by atoms with van der Waals surface area (Å²) < 4.78 is 18.7. The van der Waals surface area contributed by atoms with Gasteiger partial charge in [-0.15, -0.1) is 0 Å². The molecule has 0 radical (unpaired) electrons. The molecule has 5 nitrogen and oxygen atoms in total. The van der Waals surface area contributed by atoms with Crippen molar-refractivity contribution >= 4 is 11.7 Å². The highest BCUT2D eigenvalue weighted by Crippen LogP contribution is 2.23. The smallest absolute Gasteiger partial charge is 0.228 e. The van der Waals surface area contributed by atoms with Crippen molar-refractivity contribution < 1.29 is 13.9 Å². The molecule has 22 heavy (non-hydrogen) atoms. The first kappa shape index (κ1) is 15.4. The van der Waals surface area contributed by atoms with Crippen molar-refractivity contribution in [3.63, 3.8) is 0 Å². The van der Waals surface area contributed by atoms with E-state index >= 15 is 0 Å². The maximum absolute atomic E-state index is 13.2. The number of benzene rings is 1. The number of nitrogens with zero attached hydrogens (tertiary/aromatic N) is 2. The fourth-order valence-electron chi connectivity index (χ4n) is 1.57. The number of carbonyl (C=O) groups excluding carboxylic acids is 1. The van der Waals surface area contributed by atoms with Crippen LogP contribution in [0.1, 0.15) is 19.4 Å². The second-order valence-corrected chi connectivity index (χ2v) is 4.88. The first-order chi connectivity index (χ1) is 10.5. The Kier molecular flexibility index (Phi) is 4.69. The average Bonchev–Trinajstić information content (AvgIpc) is 2.51. The maximum atomic E-state index is 13.2. The number of ether oxygens (including phenoxy) is 1. The van der Waals surface area contributed by atoms with Crippen molar-refractivity contribution in [2.45, 2.75) is 13.8 Å². The number of nitriles is 1. The number of anilines is 1. The van der Waals surface area contributed by atoms with E-state index in [0.29, 0.717) is 17.3 Å². The van der Waals surface area contributed by atoms with Gasteiger partial charge in [-0.05, 0) is 24.3 Å². The van der Waals surface area contributed by atoms with E-state index < -0.39 is 5.82 Å².